The Hall–Kier alpha value is -3.86. The molecule has 1 aromatic heterocycles. The third-order valence-electron chi connectivity index (χ3n) is 6.60. The zero-order chi connectivity index (χ0) is 24.6. The number of amides is 2. The highest BCUT2D eigenvalue weighted by atomic mass is 16.2. The average molecular weight is 468 g/mol. The van der Waals surface area contributed by atoms with Crippen molar-refractivity contribution in [2.75, 3.05) is 13.1 Å². The molecule has 180 valence electrons. The number of rotatable bonds is 8. The molecule has 5 heteroatoms. The number of para-hydroxylation sites is 1. The van der Waals surface area contributed by atoms with Gasteiger partial charge in [0, 0.05) is 43.0 Å². The number of piperidine rings is 1. The number of nitrogens with zero attached hydrogens (tertiary/aromatic N) is 2. The molecule has 0 aliphatic carbocycles. The molecule has 1 aliphatic rings. The van der Waals surface area contributed by atoms with Crippen molar-refractivity contribution < 1.29 is 9.59 Å². The molecule has 2 aromatic carbocycles. The molecule has 1 saturated heterocycles. The highest BCUT2D eigenvalue weighted by molar-refractivity contribution is 5.99. The largest absolute Gasteiger partial charge is 0.352 e. The van der Waals surface area contributed by atoms with E-state index in [-0.39, 0.29) is 17.7 Å². The molecule has 0 spiro atoms. The van der Waals surface area contributed by atoms with E-state index < -0.39 is 0 Å². The summed E-state index contributed by atoms with van der Waals surface area (Å²) in [5.74, 6) is 0.0170. The minimum atomic E-state index is -0.0650. The van der Waals surface area contributed by atoms with Crippen molar-refractivity contribution in [2.45, 2.75) is 32.9 Å². The first-order chi connectivity index (χ1) is 17.1. The number of hydrogen-bond donors (Lipinski definition) is 1. The van der Waals surface area contributed by atoms with Crippen molar-refractivity contribution in [3.8, 4) is 0 Å². The first-order valence-electron chi connectivity index (χ1n) is 12.2. The number of hydrogen-bond acceptors (Lipinski definition) is 2. The molecule has 4 rings (SSSR count). The fraction of sp³-hybridized carbons (Fsp3) is 0.267. The van der Waals surface area contributed by atoms with E-state index in [0.29, 0.717) is 44.7 Å². The molecule has 2 heterocycles. The smallest absolute Gasteiger partial charge is 0.270 e. The second kappa shape index (κ2) is 11.5. The van der Waals surface area contributed by atoms with Gasteiger partial charge in [0.05, 0.1) is 0 Å². The topological polar surface area (TPSA) is 54.3 Å². The predicted molar refractivity (Wildman–Crippen MR) is 142 cm³/mol. The van der Waals surface area contributed by atoms with Crippen LogP contribution >= 0.6 is 0 Å². The van der Waals surface area contributed by atoms with E-state index in [0.717, 1.165) is 22.0 Å². The maximum absolute atomic E-state index is 13.6. The quantitative estimate of drug-likeness (QED) is 0.445. The Balaban J connectivity index is 1.45. The van der Waals surface area contributed by atoms with Crippen LogP contribution in [-0.4, -0.2) is 34.4 Å². The van der Waals surface area contributed by atoms with Gasteiger partial charge in [0.25, 0.3) is 5.91 Å². The Morgan fingerprint density at radius 2 is 1.77 bits per heavy atom. The van der Waals surface area contributed by atoms with Crippen LogP contribution in [0.15, 0.2) is 97.1 Å². The van der Waals surface area contributed by atoms with Crippen LogP contribution in [0.1, 0.15) is 35.8 Å². The monoisotopic (exact) mass is 467 g/mol. The summed E-state index contributed by atoms with van der Waals surface area (Å²) in [6.45, 7) is 8.18. The third-order valence-corrected chi connectivity index (χ3v) is 6.60. The molecule has 0 radical (unpaired) electrons. The number of carbonyl (C=O) groups is 2. The summed E-state index contributed by atoms with van der Waals surface area (Å²) >= 11 is 0. The molecule has 1 fully saturated rings. The van der Waals surface area contributed by atoms with Gasteiger partial charge >= 0.3 is 0 Å². The van der Waals surface area contributed by atoms with Gasteiger partial charge in [0.1, 0.15) is 5.69 Å². The molecular formula is C30H33N3O2. The molecule has 2 amide bonds. The summed E-state index contributed by atoms with van der Waals surface area (Å²) in [5, 5.41) is 4.09. The van der Waals surface area contributed by atoms with Gasteiger partial charge in [-0.2, -0.15) is 0 Å². The van der Waals surface area contributed by atoms with Gasteiger partial charge in [-0.3, -0.25) is 9.59 Å². The number of allylic oxidation sites excluding steroid dienone is 5. The van der Waals surface area contributed by atoms with Crippen LogP contribution in [0.2, 0.25) is 0 Å². The number of likely N-dealkylation sites (tertiary alicyclic amines) is 1. The van der Waals surface area contributed by atoms with E-state index in [1.807, 2.05) is 96.8 Å². The first kappa shape index (κ1) is 24.3. The Labute approximate surface area is 207 Å². The fourth-order valence-electron chi connectivity index (χ4n) is 4.58. The zero-order valence-corrected chi connectivity index (χ0v) is 20.3. The summed E-state index contributed by atoms with van der Waals surface area (Å²) in [5.41, 5.74) is 3.82. The van der Waals surface area contributed by atoms with Crippen LogP contribution in [0.3, 0.4) is 0 Å². The van der Waals surface area contributed by atoms with Crippen molar-refractivity contribution in [3.63, 3.8) is 0 Å². The molecule has 5 nitrogen and oxygen atoms in total. The van der Waals surface area contributed by atoms with Gasteiger partial charge in [0.15, 0.2) is 0 Å². The lowest BCUT2D eigenvalue weighted by Crippen LogP contribution is -2.43. The van der Waals surface area contributed by atoms with Crippen LogP contribution in [-0.2, 0) is 17.9 Å². The first-order valence-corrected chi connectivity index (χ1v) is 12.2. The normalized spacial score (nSPS) is 15.0. The van der Waals surface area contributed by atoms with Gasteiger partial charge < -0.3 is 14.8 Å². The molecule has 0 saturated carbocycles. The second-order valence-corrected chi connectivity index (χ2v) is 8.92. The van der Waals surface area contributed by atoms with Crippen LogP contribution in [0.5, 0.6) is 0 Å². The van der Waals surface area contributed by atoms with Crippen LogP contribution < -0.4 is 5.32 Å². The molecule has 1 aliphatic heterocycles. The lowest BCUT2D eigenvalue weighted by Gasteiger charge is -2.31. The van der Waals surface area contributed by atoms with E-state index >= 15 is 0 Å². The van der Waals surface area contributed by atoms with Crippen LogP contribution in [0, 0.1) is 5.92 Å². The standard InChI is InChI=1S/C30H33N3O2/c1-3-5-11-23(4-2)22-33-27-15-10-9-14-26(27)20-28(33)30(35)32-18-16-25(17-19-32)29(34)31-21-24-12-7-6-8-13-24/h3-15,20,25H,2,16-19,21-22H2,1H3,(H,31,34)/b5-3-,23-11+. The summed E-state index contributed by atoms with van der Waals surface area (Å²) in [7, 11) is 0. The highest BCUT2D eigenvalue weighted by Crippen LogP contribution is 2.25. The van der Waals surface area contributed by atoms with E-state index in [1.165, 1.54) is 0 Å². The van der Waals surface area contributed by atoms with Gasteiger partial charge in [0.2, 0.25) is 5.91 Å². The molecule has 3 aromatic rings. The third kappa shape index (κ3) is 5.80. The van der Waals surface area contributed by atoms with Gasteiger partial charge in [-0.25, -0.2) is 0 Å². The highest BCUT2D eigenvalue weighted by Gasteiger charge is 2.29. The van der Waals surface area contributed by atoms with Crippen molar-refractivity contribution in [1.29, 1.82) is 0 Å². The minimum absolute atomic E-state index is 0.0128. The maximum atomic E-state index is 13.6. The van der Waals surface area contributed by atoms with E-state index in [2.05, 4.69) is 16.5 Å². The second-order valence-electron chi connectivity index (χ2n) is 8.92. The maximum Gasteiger partial charge on any atom is 0.270 e. The van der Waals surface area contributed by atoms with Crippen molar-refractivity contribution in [3.05, 3.63) is 108 Å². The van der Waals surface area contributed by atoms with Gasteiger partial charge in [-0.15, -0.1) is 0 Å². The number of benzene rings is 2. The Morgan fingerprint density at radius 1 is 1.06 bits per heavy atom. The Bertz CT molecular complexity index is 1250. The molecule has 1 N–H and O–H groups in total. The molecule has 0 unspecified atom stereocenters. The van der Waals surface area contributed by atoms with Gasteiger partial charge in [-0.05, 0) is 43.0 Å². The number of fused-ring (bicyclic) bond motifs is 1. The van der Waals surface area contributed by atoms with E-state index in [4.69, 9.17) is 0 Å². The number of aromatic nitrogens is 1. The number of nitrogens with one attached hydrogen (secondary N) is 1. The molecule has 0 bridgehead atoms. The van der Waals surface area contributed by atoms with E-state index in [1.54, 1.807) is 0 Å². The fourth-order valence-corrected chi connectivity index (χ4v) is 4.58. The zero-order valence-electron chi connectivity index (χ0n) is 20.3. The SMILES string of the molecule is C=C/C(=C\C=C/C)Cn1c(C(=O)N2CCC(C(=O)NCc3ccccc3)CC2)cc2ccccc21. The summed E-state index contributed by atoms with van der Waals surface area (Å²) in [4.78, 5) is 28.2. The summed E-state index contributed by atoms with van der Waals surface area (Å²) in [6.07, 6.45) is 9.16. The minimum Gasteiger partial charge on any atom is -0.352 e. The lowest BCUT2D eigenvalue weighted by atomic mass is 9.95. The van der Waals surface area contributed by atoms with Gasteiger partial charge in [-0.1, -0.05) is 79.4 Å². The van der Waals surface area contributed by atoms with Crippen LogP contribution in [0.4, 0.5) is 0 Å². The van der Waals surface area contributed by atoms with Crippen molar-refractivity contribution >= 4 is 22.7 Å². The predicted octanol–water partition coefficient (Wildman–Crippen LogP) is 5.50. The summed E-state index contributed by atoms with van der Waals surface area (Å²) < 4.78 is 2.08. The Kier molecular flexibility index (Phi) is 7.99. The number of carbonyl (C=O) groups excluding carboxylic acids is 2. The van der Waals surface area contributed by atoms with E-state index in [9.17, 15) is 9.59 Å². The molecular weight excluding hydrogens is 434 g/mol. The Morgan fingerprint density at radius 3 is 2.49 bits per heavy atom. The van der Waals surface area contributed by atoms with Crippen molar-refractivity contribution in [2.24, 2.45) is 5.92 Å². The summed E-state index contributed by atoms with van der Waals surface area (Å²) in [6, 6.07) is 20.0. The lowest BCUT2D eigenvalue weighted by molar-refractivity contribution is -0.126. The van der Waals surface area contributed by atoms with Crippen LogP contribution in [0.25, 0.3) is 10.9 Å². The average Bonchev–Trinajstić information content (AvgIpc) is 3.28. The molecule has 35 heavy (non-hydrogen) atoms. The molecule has 0 atom stereocenters. The van der Waals surface area contributed by atoms with Crippen molar-refractivity contribution in [1.82, 2.24) is 14.8 Å².